The third kappa shape index (κ3) is 3.03. The maximum atomic E-state index is 13.1. The number of fused-ring (bicyclic) bond motifs is 3. The van der Waals surface area contributed by atoms with Gasteiger partial charge in [-0.25, -0.2) is 10.0 Å². The van der Waals surface area contributed by atoms with E-state index in [4.69, 9.17) is 9.47 Å². The first kappa shape index (κ1) is 20.3. The highest BCUT2D eigenvalue weighted by molar-refractivity contribution is 8.32. The zero-order valence-electron chi connectivity index (χ0n) is 19.0. The van der Waals surface area contributed by atoms with Crippen molar-refractivity contribution >= 4 is 22.0 Å². The van der Waals surface area contributed by atoms with Gasteiger partial charge in [-0.1, -0.05) is 30.3 Å². The molecule has 6 rings (SSSR count). The van der Waals surface area contributed by atoms with Crippen LogP contribution in [-0.4, -0.2) is 54.3 Å². The second kappa shape index (κ2) is 6.84. The molecule has 1 saturated heterocycles. The van der Waals surface area contributed by atoms with Crippen molar-refractivity contribution in [3.63, 3.8) is 0 Å². The van der Waals surface area contributed by atoms with Crippen LogP contribution in [0.3, 0.4) is 0 Å². The standard InChI is InChI=1S/C26H30N2O3S/c1-32(2,3)21-9-8-18-15-26(16-20(18)14-21)23(29)27-24(31-26)28-12-10-25(11-13-28)22-7-5-4-6-19(22)17-30-25/h4-9,14H,10-13,15-17H2,1-3H3. The van der Waals surface area contributed by atoms with E-state index in [2.05, 4.69) is 71.1 Å². The van der Waals surface area contributed by atoms with Gasteiger partial charge < -0.3 is 14.4 Å². The fourth-order valence-corrected chi connectivity index (χ4v) is 6.62. The molecule has 0 aromatic heterocycles. The lowest BCUT2D eigenvalue weighted by molar-refractivity contribution is -0.130. The number of carbonyl (C=O) groups is 1. The summed E-state index contributed by atoms with van der Waals surface area (Å²) in [6, 6.07) is 15.7. The van der Waals surface area contributed by atoms with Crippen LogP contribution in [0.1, 0.15) is 35.1 Å². The van der Waals surface area contributed by atoms with Crippen LogP contribution in [0.4, 0.5) is 0 Å². The summed E-state index contributed by atoms with van der Waals surface area (Å²) in [6.45, 7) is 2.24. The van der Waals surface area contributed by atoms with Crippen LogP contribution in [-0.2, 0) is 39.3 Å². The molecule has 4 aliphatic rings. The molecule has 168 valence electrons. The zero-order valence-corrected chi connectivity index (χ0v) is 19.8. The number of amidine groups is 1. The monoisotopic (exact) mass is 450 g/mol. The van der Waals surface area contributed by atoms with Gasteiger partial charge in [-0.05, 0) is 70.9 Å². The molecule has 6 heteroatoms. The lowest BCUT2D eigenvalue weighted by atomic mass is 9.84. The van der Waals surface area contributed by atoms with Crippen LogP contribution >= 0.6 is 10.0 Å². The molecule has 1 fully saturated rings. The van der Waals surface area contributed by atoms with Crippen molar-refractivity contribution in [2.75, 3.05) is 31.9 Å². The third-order valence-corrected chi connectivity index (χ3v) is 9.23. The van der Waals surface area contributed by atoms with Gasteiger partial charge in [-0.15, -0.1) is 0 Å². The van der Waals surface area contributed by atoms with E-state index < -0.39 is 15.6 Å². The Morgan fingerprint density at radius 1 is 0.938 bits per heavy atom. The first-order valence-electron chi connectivity index (χ1n) is 11.4. The highest BCUT2D eigenvalue weighted by Crippen LogP contribution is 2.48. The van der Waals surface area contributed by atoms with Crippen molar-refractivity contribution in [1.82, 2.24) is 4.90 Å². The number of benzene rings is 2. The molecule has 0 radical (unpaired) electrons. The summed E-state index contributed by atoms with van der Waals surface area (Å²) in [5.74, 6) is -0.129. The molecular formula is C26H30N2O3S. The Labute approximate surface area is 191 Å². The maximum Gasteiger partial charge on any atom is 0.296 e. The lowest BCUT2D eigenvalue weighted by Crippen LogP contribution is -2.47. The van der Waals surface area contributed by atoms with Gasteiger partial charge in [-0.3, -0.25) is 4.79 Å². The Morgan fingerprint density at radius 3 is 2.47 bits per heavy atom. The number of nitrogens with zero attached hydrogens (tertiary/aromatic N) is 2. The number of amides is 1. The quantitative estimate of drug-likeness (QED) is 0.659. The Kier molecular flexibility index (Phi) is 4.34. The maximum absolute atomic E-state index is 13.1. The van der Waals surface area contributed by atoms with Crippen molar-refractivity contribution < 1.29 is 14.3 Å². The first-order chi connectivity index (χ1) is 15.3. The van der Waals surface area contributed by atoms with E-state index in [0.29, 0.717) is 25.5 Å². The van der Waals surface area contributed by atoms with Gasteiger partial charge in [0, 0.05) is 25.9 Å². The molecule has 2 spiro atoms. The topological polar surface area (TPSA) is 51.1 Å². The number of aliphatic imine (C=N–C) groups is 1. The lowest BCUT2D eigenvalue weighted by Gasteiger charge is -2.39. The van der Waals surface area contributed by atoms with Gasteiger partial charge in [0.05, 0.1) is 12.2 Å². The summed E-state index contributed by atoms with van der Waals surface area (Å²) in [5, 5.41) is 0. The number of rotatable bonds is 1. The number of hydrogen-bond acceptors (Lipinski definition) is 4. The third-order valence-electron chi connectivity index (χ3n) is 7.56. The predicted molar refractivity (Wildman–Crippen MR) is 127 cm³/mol. The number of carbonyl (C=O) groups excluding carboxylic acids is 1. The fraction of sp³-hybridized carbons (Fsp3) is 0.462. The Bertz CT molecular complexity index is 1140. The molecule has 2 aromatic rings. The molecular weight excluding hydrogens is 420 g/mol. The minimum Gasteiger partial charge on any atom is -0.447 e. The fourth-order valence-electron chi connectivity index (χ4n) is 5.64. The minimum atomic E-state index is -0.852. The number of ether oxygens (including phenoxy) is 2. The molecule has 0 saturated carbocycles. The van der Waals surface area contributed by atoms with Crippen LogP contribution in [0.2, 0.25) is 0 Å². The van der Waals surface area contributed by atoms with Crippen molar-refractivity contribution in [2.24, 2.45) is 4.99 Å². The molecule has 5 nitrogen and oxygen atoms in total. The molecule has 1 atom stereocenters. The Balaban J connectivity index is 1.17. The van der Waals surface area contributed by atoms with Crippen LogP contribution < -0.4 is 0 Å². The van der Waals surface area contributed by atoms with Crippen LogP contribution in [0.25, 0.3) is 0 Å². The highest BCUT2D eigenvalue weighted by Gasteiger charge is 2.53. The van der Waals surface area contributed by atoms with E-state index in [0.717, 1.165) is 25.9 Å². The average Bonchev–Trinajstić information content (AvgIpc) is 3.42. The molecule has 3 heterocycles. The van der Waals surface area contributed by atoms with Crippen LogP contribution in [0.15, 0.2) is 52.4 Å². The average molecular weight is 451 g/mol. The van der Waals surface area contributed by atoms with Gasteiger partial charge in [0.25, 0.3) is 11.9 Å². The van der Waals surface area contributed by atoms with Gasteiger partial charge in [0.15, 0.2) is 0 Å². The van der Waals surface area contributed by atoms with Crippen LogP contribution in [0, 0.1) is 0 Å². The summed E-state index contributed by atoms with van der Waals surface area (Å²) in [6.07, 6.45) is 9.89. The van der Waals surface area contributed by atoms with E-state index in [1.165, 1.54) is 27.1 Å². The smallest absolute Gasteiger partial charge is 0.296 e. The van der Waals surface area contributed by atoms with E-state index in [1.807, 2.05) is 0 Å². The second-order valence-corrected chi connectivity index (χ2v) is 14.5. The van der Waals surface area contributed by atoms with E-state index in [-0.39, 0.29) is 11.5 Å². The van der Waals surface area contributed by atoms with Gasteiger partial charge >= 0.3 is 0 Å². The summed E-state index contributed by atoms with van der Waals surface area (Å²) < 4.78 is 12.7. The SMILES string of the molecule is CS(C)(C)c1ccc2c(c1)CC1(C2)OC(N2CCC3(CC2)OCc2ccccc23)=NC1=O. The number of likely N-dealkylation sites (tertiary alicyclic amines) is 1. The normalized spacial score (nSPS) is 26.3. The Hall–Kier alpha value is -2.31. The molecule has 1 amide bonds. The Morgan fingerprint density at radius 2 is 1.69 bits per heavy atom. The van der Waals surface area contributed by atoms with Gasteiger partial charge in [0.1, 0.15) is 0 Å². The van der Waals surface area contributed by atoms with Crippen molar-refractivity contribution in [2.45, 2.75) is 48.4 Å². The van der Waals surface area contributed by atoms with Crippen molar-refractivity contribution in [1.29, 1.82) is 0 Å². The summed E-state index contributed by atoms with van der Waals surface area (Å²) in [5.41, 5.74) is 4.02. The van der Waals surface area contributed by atoms with E-state index in [1.54, 1.807) is 0 Å². The first-order valence-corrected chi connectivity index (χ1v) is 14.2. The number of hydrogen-bond donors (Lipinski definition) is 0. The summed E-state index contributed by atoms with van der Waals surface area (Å²) >= 11 is 0. The molecule has 1 unspecified atom stereocenters. The summed E-state index contributed by atoms with van der Waals surface area (Å²) in [4.78, 5) is 21.0. The van der Waals surface area contributed by atoms with Gasteiger partial charge in [0.2, 0.25) is 5.60 Å². The molecule has 0 bridgehead atoms. The highest BCUT2D eigenvalue weighted by atomic mass is 32.3. The van der Waals surface area contributed by atoms with Crippen molar-refractivity contribution in [3.8, 4) is 0 Å². The molecule has 2 aromatic carbocycles. The molecule has 32 heavy (non-hydrogen) atoms. The predicted octanol–water partition coefficient (Wildman–Crippen LogP) is 4.01. The second-order valence-electron chi connectivity index (χ2n) is 10.3. The minimum absolute atomic E-state index is 0.129. The van der Waals surface area contributed by atoms with Crippen molar-refractivity contribution in [3.05, 3.63) is 64.7 Å². The summed E-state index contributed by atoms with van der Waals surface area (Å²) in [7, 11) is -0.808. The van der Waals surface area contributed by atoms with E-state index in [9.17, 15) is 4.79 Å². The number of piperidine rings is 1. The zero-order chi connectivity index (χ0) is 22.1. The largest absolute Gasteiger partial charge is 0.447 e. The van der Waals surface area contributed by atoms with E-state index >= 15 is 0 Å². The van der Waals surface area contributed by atoms with Gasteiger partial charge in [-0.2, -0.15) is 4.99 Å². The molecule has 3 aliphatic heterocycles. The molecule has 0 N–H and O–H groups in total. The molecule has 1 aliphatic carbocycles. The van der Waals surface area contributed by atoms with Crippen LogP contribution in [0.5, 0.6) is 0 Å².